The molecule has 0 amide bonds. The molecule has 1 heterocycles. The highest BCUT2D eigenvalue weighted by Crippen LogP contribution is 2.20. The predicted molar refractivity (Wildman–Crippen MR) is 70.9 cm³/mol. The maximum atomic E-state index is 11.9. The monoisotopic (exact) mass is 244 g/mol. The Bertz CT molecular complexity index is 646. The van der Waals surface area contributed by atoms with Crippen LogP contribution in [0.4, 0.5) is 5.95 Å². The van der Waals surface area contributed by atoms with Crippen molar-refractivity contribution in [1.29, 1.82) is 0 Å². The number of hydrogen-bond acceptors (Lipinski definition) is 4. The van der Waals surface area contributed by atoms with E-state index in [1.165, 1.54) is 16.5 Å². The lowest BCUT2D eigenvalue weighted by Crippen LogP contribution is -2.24. The Morgan fingerprint density at radius 1 is 1.33 bits per heavy atom. The molecule has 1 aromatic carbocycles. The summed E-state index contributed by atoms with van der Waals surface area (Å²) in [6, 6.07) is 4.11. The molecular weight excluding hydrogens is 228 g/mol. The van der Waals surface area contributed by atoms with E-state index in [9.17, 15) is 4.79 Å². The Labute approximate surface area is 105 Å². The van der Waals surface area contributed by atoms with E-state index in [4.69, 9.17) is 5.73 Å². The van der Waals surface area contributed by atoms with Crippen LogP contribution in [0.1, 0.15) is 23.6 Å². The van der Waals surface area contributed by atoms with Gasteiger partial charge in [-0.15, -0.1) is 0 Å². The Morgan fingerprint density at radius 3 is 2.67 bits per heavy atom. The molecule has 0 radical (unpaired) electrons. The average molecular weight is 244 g/mol. The van der Waals surface area contributed by atoms with E-state index >= 15 is 0 Å². The van der Waals surface area contributed by atoms with Gasteiger partial charge in [0.2, 0.25) is 5.95 Å². The third kappa shape index (κ3) is 2.11. The molecule has 0 atom stereocenters. The Balaban J connectivity index is 2.74. The topological polar surface area (TPSA) is 73.8 Å². The lowest BCUT2D eigenvalue weighted by molar-refractivity contribution is 0.847. The number of aryl methyl sites for hydroxylation is 3. The molecule has 0 unspecified atom stereocenters. The highest BCUT2D eigenvalue weighted by atomic mass is 16.1. The first-order chi connectivity index (χ1) is 8.52. The van der Waals surface area contributed by atoms with Gasteiger partial charge in [0.1, 0.15) is 6.33 Å². The number of benzene rings is 1. The van der Waals surface area contributed by atoms with Crippen molar-refractivity contribution in [3.05, 3.63) is 45.6 Å². The minimum absolute atomic E-state index is 0.000867. The largest absolute Gasteiger partial charge is 0.368 e. The molecule has 0 aliphatic rings. The minimum atomic E-state index is -0.399. The van der Waals surface area contributed by atoms with Gasteiger partial charge in [-0.2, -0.15) is 4.98 Å². The van der Waals surface area contributed by atoms with Gasteiger partial charge >= 0.3 is 5.69 Å². The number of nitrogens with two attached hydrogens (primary N) is 1. The van der Waals surface area contributed by atoms with E-state index in [0.717, 1.165) is 23.2 Å². The summed E-state index contributed by atoms with van der Waals surface area (Å²) in [5.74, 6) is -0.000867. The number of nitrogen functional groups attached to an aromatic ring is 1. The van der Waals surface area contributed by atoms with E-state index in [2.05, 4.69) is 23.0 Å². The molecular formula is C13H16N4O. The zero-order valence-corrected chi connectivity index (χ0v) is 10.8. The second-order valence-electron chi connectivity index (χ2n) is 4.31. The molecule has 0 spiro atoms. The molecule has 0 fully saturated rings. The van der Waals surface area contributed by atoms with Crippen molar-refractivity contribution in [2.24, 2.45) is 0 Å². The van der Waals surface area contributed by atoms with Crippen molar-refractivity contribution in [2.75, 3.05) is 5.73 Å². The predicted octanol–water partition coefficient (Wildman–Crippen LogP) is 1.39. The van der Waals surface area contributed by atoms with Crippen molar-refractivity contribution < 1.29 is 0 Å². The lowest BCUT2D eigenvalue weighted by atomic mass is 10.0. The fourth-order valence-electron chi connectivity index (χ4n) is 2.16. The first-order valence-electron chi connectivity index (χ1n) is 5.84. The highest BCUT2D eigenvalue weighted by Gasteiger charge is 2.10. The van der Waals surface area contributed by atoms with E-state index in [-0.39, 0.29) is 5.95 Å². The number of rotatable bonds is 2. The van der Waals surface area contributed by atoms with Gasteiger partial charge in [-0.05, 0) is 31.4 Å². The normalized spacial score (nSPS) is 10.6. The molecule has 2 rings (SSSR count). The zero-order chi connectivity index (χ0) is 13.3. The smallest absolute Gasteiger partial charge is 0.356 e. The van der Waals surface area contributed by atoms with Crippen molar-refractivity contribution >= 4 is 5.95 Å². The maximum absolute atomic E-state index is 11.9. The van der Waals surface area contributed by atoms with Gasteiger partial charge in [-0.3, -0.25) is 4.57 Å². The molecule has 2 aromatic rings. The van der Waals surface area contributed by atoms with Crippen LogP contribution in [0.25, 0.3) is 5.69 Å². The van der Waals surface area contributed by atoms with Gasteiger partial charge in [0, 0.05) is 0 Å². The van der Waals surface area contributed by atoms with Crippen molar-refractivity contribution in [1.82, 2.24) is 14.5 Å². The third-order valence-electron chi connectivity index (χ3n) is 2.87. The van der Waals surface area contributed by atoms with Crippen molar-refractivity contribution in [3.8, 4) is 5.69 Å². The SMILES string of the molecule is CCc1cc(C)cc(C)c1-n1cnc(N)nc1=O. The summed E-state index contributed by atoms with van der Waals surface area (Å²) < 4.78 is 1.45. The third-order valence-corrected chi connectivity index (χ3v) is 2.87. The van der Waals surface area contributed by atoms with Crippen LogP contribution >= 0.6 is 0 Å². The average Bonchev–Trinajstić information content (AvgIpc) is 2.29. The van der Waals surface area contributed by atoms with Crippen LogP contribution in [0.3, 0.4) is 0 Å². The molecule has 0 aliphatic carbocycles. The van der Waals surface area contributed by atoms with Crippen LogP contribution < -0.4 is 11.4 Å². The van der Waals surface area contributed by atoms with Crippen LogP contribution in [0.15, 0.2) is 23.3 Å². The van der Waals surface area contributed by atoms with Gasteiger partial charge < -0.3 is 5.73 Å². The van der Waals surface area contributed by atoms with Gasteiger partial charge in [0.05, 0.1) is 5.69 Å². The molecule has 0 saturated heterocycles. The van der Waals surface area contributed by atoms with Crippen molar-refractivity contribution in [3.63, 3.8) is 0 Å². The Kier molecular flexibility index (Phi) is 3.14. The summed E-state index contributed by atoms with van der Waals surface area (Å²) in [6.07, 6.45) is 2.27. The molecule has 0 saturated carbocycles. The van der Waals surface area contributed by atoms with E-state index < -0.39 is 5.69 Å². The maximum Gasteiger partial charge on any atom is 0.356 e. The lowest BCUT2D eigenvalue weighted by Gasteiger charge is -2.14. The summed E-state index contributed by atoms with van der Waals surface area (Å²) in [7, 11) is 0. The first kappa shape index (κ1) is 12.3. The number of hydrogen-bond donors (Lipinski definition) is 1. The molecule has 0 bridgehead atoms. The molecule has 5 heteroatoms. The fourth-order valence-corrected chi connectivity index (χ4v) is 2.16. The summed E-state index contributed by atoms with van der Waals surface area (Å²) in [4.78, 5) is 19.4. The summed E-state index contributed by atoms with van der Waals surface area (Å²) in [6.45, 7) is 6.07. The van der Waals surface area contributed by atoms with E-state index in [1.807, 2.05) is 19.9 Å². The molecule has 0 aliphatic heterocycles. The first-order valence-corrected chi connectivity index (χ1v) is 5.84. The van der Waals surface area contributed by atoms with Crippen molar-refractivity contribution in [2.45, 2.75) is 27.2 Å². The number of aromatic nitrogens is 3. The van der Waals surface area contributed by atoms with Gasteiger partial charge in [0.25, 0.3) is 0 Å². The highest BCUT2D eigenvalue weighted by molar-refractivity contribution is 5.49. The molecule has 5 nitrogen and oxygen atoms in total. The summed E-state index contributed by atoms with van der Waals surface area (Å²) in [5.41, 5.74) is 9.17. The standard InChI is InChI=1S/C13H16N4O/c1-4-10-6-8(2)5-9(3)11(10)17-7-15-12(14)16-13(17)18/h5-7H,4H2,1-3H3,(H2,14,16,18). The quantitative estimate of drug-likeness (QED) is 0.866. The minimum Gasteiger partial charge on any atom is -0.368 e. The molecule has 18 heavy (non-hydrogen) atoms. The van der Waals surface area contributed by atoms with Crippen LogP contribution in [0, 0.1) is 13.8 Å². The molecule has 2 N–H and O–H groups in total. The molecule has 94 valence electrons. The van der Waals surface area contributed by atoms with Crippen LogP contribution in [-0.4, -0.2) is 14.5 Å². The summed E-state index contributed by atoms with van der Waals surface area (Å²) in [5, 5.41) is 0. The summed E-state index contributed by atoms with van der Waals surface area (Å²) >= 11 is 0. The van der Waals surface area contributed by atoms with Gasteiger partial charge in [0.15, 0.2) is 0 Å². The second kappa shape index (κ2) is 4.60. The second-order valence-corrected chi connectivity index (χ2v) is 4.31. The van der Waals surface area contributed by atoms with Gasteiger partial charge in [-0.1, -0.05) is 24.6 Å². The Hall–Kier alpha value is -2.17. The van der Waals surface area contributed by atoms with Gasteiger partial charge in [-0.25, -0.2) is 9.78 Å². The van der Waals surface area contributed by atoms with Crippen LogP contribution in [-0.2, 0) is 6.42 Å². The van der Waals surface area contributed by atoms with E-state index in [1.54, 1.807) is 0 Å². The van der Waals surface area contributed by atoms with E-state index in [0.29, 0.717) is 0 Å². The zero-order valence-electron chi connectivity index (χ0n) is 10.8. The number of nitrogens with zero attached hydrogens (tertiary/aromatic N) is 3. The van der Waals surface area contributed by atoms with Crippen LogP contribution in [0.5, 0.6) is 0 Å². The molecule has 1 aromatic heterocycles. The number of anilines is 1. The Morgan fingerprint density at radius 2 is 2.06 bits per heavy atom. The van der Waals surface area contributed by atoms with Crippen LogP contribution in [0.2, 0.25) is 0 Å². The fraction of sp³-hybridized carbons (Fsp3) is 0.308.